The Morgan fingerprint density at radius 3 is 2.35 bits per heavy atom. The fourth-order valence-electron chi connectivity index (χ4n) is 6.64. The van der Waals surface area contributed by atoms with E-state index in [1.165, 1.54) is 28.0 Å². The first-order chi connectivity index (χ1) is 17.8. The molecule has 0 bridgehead atoms. The molecule has 0 spiro atoms. The maximum Gasteiger partial charge on any atom is 0.269 e. The van der Waals surface area contributed by atoms with Gasteiger partial charge in [0.1, 0.15) is 6.04 Å². The number of fused-ring (bicyclic) bond motifs is 1. The molecule has 1 aliphatic carbocycles. The monoisotopic (exact) mass is 511 g/mol. The van der Waals surface area contributed by atoms with Crippen molar-refractivity contribution in [2.45, 2.75) is 51.1 Å². The van der Waals surface area contributed by atoms with Crippen molar-refractivity contribution in [2.24, 2.45) is 17.8 Å². The summed E-state index contributed by atoms with van der Waals surface area (Å²) in [6, 6.07) is 3.86. The molecule has 37 heavy (non-hydrogen) atoms. The van der Waals surface area contributed by atoms with Gasteiger partial charge in [-0.25, -0.2) is 0 Å². The highest BCUT2D eigenvalue weighted by molar-refractivity contribution is 6.10. The normalized spacial score (nSPS) is 28.5. The second kappa shape index (κ2) is 10.2. The molecule has 4 unspecified atom stereocenters. The van der Waals surface area contributed by atoms with Crippen molar-refractivity contribution >= 4 is 29.3 Å². The summed E-state index contributed by atoms with van der Waals surface area (Å²) in [5.41, 5.74) is 0.239. The molecule has 11 nitrogen and oxygen atoms in total. The zero-order valence-corrected chi connectivity index (χ0v) is 21.0. The second-order valence-corrected chi connectivity index (χ2v) is 10.4. The van der Waals surface area contributed by atoms with E-state index in [1.54, 1.807) is 17.9 Å². The maximum atomic E-state index is 14.2. The van der Waals surface area contributed by atoms with Gasteiger partial charge in [-0.3, -0.25) is 34.2 Å². The van der Waals surface area contributed by atoms with Crippen LogP contribution >= 0.6 is 0 Å². The molecule has 4 atom stereocenters. The van der Waals surface area contributed by atoms with E-state index in [4.69, 9.17) is 0 Å². The van der Waals surface area contributed by atoms with Crippen LogP contribution in [0.4, 0.5) is 5.69 Å². The molecule has 1 aromatic carbocycles. The van der Waals surface area contributed by atoms with Crippen molar-refractivity contribution < 1.29 is 24.1 Å². The third-order valence-electron chi connectivity index (χ3n) is 8.40. The molecule has 1 aromatic rings. The molecule has 4 aliphatic rings. The van der Waals surface area contributed by atoms with E-state index >= 15 is 0 Å². The number of nitrogens with one attached hydrogen (secondary N) is 1. The van der Waals surface area contributed by atoms with Crippen LogP contribution in [-0.2, 0) is 19.2 Å². The predicted octanol–water partition coefficient (Wildman–Crippen LogP) is 1.48. The fourth-order valence-corrected chi connectivity index (χ4v) is 6.64. The summed E-state index contributed by atoms with van der Waals surface area (Å²) in [5, 5.41) is 14.8. The van der Waals surface area contributed by atoms with Gasteiger partial charge in [-0.1, -0.05) is 31.4 Å². The highest BCUT2D eigenvalue weighted by Gasteiger charge is 2.66. The molecule has 4 amide bonds. The number of piperazine rings is 1. The van der Waals surface area contributed by atoms with Gasteiger partial charge in [0.2, 0.25) is 23.6 Å². The van der Waals surface area contributed by atoms with Gasteiger partial charge in [-0.05, 0) is 25.3 Å². The number of imide groups is 1. The number of carbonyl (C=O) groups excluding carboxylic acids is 4. The molecule has 3 heterocycles. The summed E-state index contributed by atoms with van der Waals surface area (Å²) in [7, 11) is 0. The van der Waals surface area contributed by atoms with Crippen LogP contribution < -0.4 is 5.32 Å². The number of nitro benzene ring substituents is 1. The van der Waals surface area contributed by atoms with Gasteiger partial charge in [0.25, 0.3) is 5.69 Å². The first kappa shape index (κ1) is 25.3. The second-order valence-electron chi connectivity index (χ2n) is 10.4. The first-order valence-electron chi connectivity index (χ1n) is 13.3. The molecule has 5 rings (SSSR count). The van der Waals surface area contributed by atoms with Crippen LogP contribution in [0.15, 0.2) is 24.3 Å². The van der Waals surface area contributed by atoms with Crippen LogP contribution in [0.1, 0.15) is 50.6 Å². The summed E-state index contributed by atoms with van der Waals surface area (Å²) in [5.74, 6) is -3.70. The Morgan fingerprint density at radius 2 is 1.70 bits per heavy atom. The number of hydrogen-bond donors (Lipinski definition) is 1. The third-order valence-corrected chi connectivity index (χ3v) is 8.40. The minimum atomic E-state index is -1.12. The van der Waals surface area contributed by atoms with Gasteiger partial charge < -0.3 is 15.1 Å². The van der Waals surface area contributed by atoms with Crippen molar-refractivity contribution in [3.63, 3.8) is 0 Å². The molecule has 198 valence electrons. The van der Waals surface area contributed by atoms with Crippen molar-refractivity contribution in [1.82, 2.24) is 20.0 Å². The molecule has 4 fully saturated rings. The average molecular weight is 512 g/mol. The van der Waals surface area contributed by atoms with Crippen molar-refractivity contribution in [3.05, 3.63) is 39.9 Å². The van der Waals surface area contributed by atoms with Crippen molar-refractivity contribution in [1.29, 1.82) is 0 Å². The van der Waals surface area contributed by atoms with Gasteiger partial charge in [-0.2, -0.15) is 0 Å². The van der Waals surface area contributed by atoms with E-state index in [0.717, 1.165) is 19.3 Å². The van der Waals surface area contributed by atoms with Crippen molar-refractivity contribution in [2.75, 3.05) is 32.7 Å². The minimum Gasteiger partial charge on any atom is -0.338 e. The third kappa shape index (κ3) is 4.28. The molecule has 1 saturated carbocycles. The number of benzene rings is 1. The van der Waals surface area contributed by atoms with Crippen LogP contribution in [0.3, 0.4) is 0 Å². The number of nitrogens with zero attached hydrogens (tertiary/aromatic N) is 4. The molecule has 0 aromatic heterocycles. The minimum absolute atomic E-state index is 0.164. The fraction of sp³-hybridized carbons (Fsp3) is 0.615. The van der Waals surface area contributed by atoms with Gasteiger partial charge in [-0.15, -0.1) is 0 Å². The Kier molecular flexibility index (Phi) is 6.98. The first-order valence-corrected chi connectivity index (χ1v) is 13.3. The Hall–Kier alpha value is -3.34. The highest BCUT2D eigenvalue weighted by Crippen LogP contribution is 2.51. The standard InChI is InChI=1S/C26H33N5O6/c1-2-29-24(33)19-20(25(29)34)22(26(35)28-13-11-27-12-14-28)30(23(32)16-7-4-3-5-8-16)21(19)17-9-6-10-18(15-17)31(36)37/h6,9-10,15-16,19-22,27H,2-5,7-8,11-14H2,1H3. The lowest BCUT2D eigenvalue weighted by Gasteiger charge is -2.39. The van der Waals surface area contributed by atoms with E-state index in [2.05, 4.69) is 5.32 Å². The van der Waals surface area contributed by atoms with Crippen molar-refractivity contribution in [3.8, 4) is 0 Å². The smallest absolute Gasteiger partial charge is 0.269 e. The molecule has 3 saturated heterocycles. The maximum absolute atomic E-state index is 14.2. The molecule has 1 N–H and O–H groups in total. The summed E-state index contributed by atoms with van der Waals surface area (Å²) in [6.07, 6.45) is 4.20. The molecular formula is C26H33N5O6. The van der Waals surface area contributed by atoms with Crippen LogP contribution in [0.5, 0.6) is 0 Å². The summed E-state index contributed by atoms with van der Waals surface area (Å²) in [6.45, 7) is 3.96. The molecule has 11 heteroatoms. The highest BCUT2D eigenvalue weighted by atomic mass is 16.6. The van der Waals surface area contributed by atoms with E-state index in [1.807, 2.05) is 0 Å². The van der Waals surface area contributed by atoms with Crippen LogP contribution in [-0.4, -0.2) is 82.0 Å². The Bertz CT molecular complexity index is 1110. The number of hydrogen-bond acceptors (Lipinski definition) is 7. The quantitative estimate of drug-likeness (QED) is 0.360. The van der Waals surface area contributed by atoms with Crippen LogP contribution in [0, 0.1) is 27.9 Å². The largest absolute Gasteiger partial charge is 0.338 e. The van der Waals surface area contributed by atoms with Gasteiger partial charge in [0.05, 0.1) is 22.8 Å². The molecule has 3 aliphatic heterocycles. The van der Waals surface area contributed by atoms with Crippen LogP contribution in [0.2, 0.25) is 0 Å². The van der Waals surface area contributed by atoms with Gasteiger partial charge >= 0.3 is 0 Å². The average Bonchev–Trinajstić information content (AvgIpc) is 3.41. The molecular weight excluding hydrogens is 478 g/mol. The number of rotatable bonds is 5. The van der Waals surface area contributed by atoms with E-state index < -0.39 is 40.7 Å². The number of non-ortho nitro benzene ring substituents is 1. The number of carbonyl (C=O) groups is 4. The summed E-state index contributed by atoms with van der Waals surface area (Å²) < 4.78 is 0. The summed E-state index contributed by atoms with van der Waals surface area (Å²) in [4.78, 5) is 70.8. The zero-order valence-electron chi connectivity index (χ0n) is 21.0. The number of amides is 4. The topological polar surface area (TPSA) is 133 Å². The SMILES string of the molecule is CCN1C(=O)C2C(C1=O)C(c1cccc([N+](=O)[O-])c1)N(C(=O)C1CCCCC1)C2C(=O)N1CCNCC1. The lowest BCUT2D eigenvalue weighted by atomic mass is 9.85. The Labute approximate surface area is 215 Å². The van der Waals surface area contributed by atoms with Gasteiger partial charge in [0, 0.05) is 50.8 Å². The number of nitro groups is 1. The van der Waals surface area contributed by atoms with Crippen LogP contribution in [0.25, 0.3) is 0 Å². The molecule has 0 radical (unpaired) electrons. The predicted molar refractivity (Wildman–Crippen MR) is 132 cm³/mol. The lowest BCUT2D eigenvalue weighted by Crippen LogP contribution is -2.57. The zero-order chi connectivity index (χ0) is 26.3. The summed E-state index contributed by atoms with van der Waals surface area (Å²) >= 11 is 0. The van der Waals surface area contributed by atoms with E-state index in [9.17, 15) is 29.3 Å². The lowest BCUT2D eigenvalue weighted by molar-refractivity contribution is -0.385. The number of likely N-dealkylation sites (tertiary alicyclic amines) is 2. The van der Waals surface area contributed by atoms with Gasteiger partial charge in [0.15, 0.2) is 0 Å². The Morgan fingerprint density at radius 1 is 1.03 bits per heavy atom. The Balaban J connectivity index is 1.65. The van der Waals surface area contributed by atoms with E-state index in [0.29, 0.717) is 44.6 Å². The van der Waals surface area contributed by atoms with E-state index in [-0.39, 0.29) is 30.0 Å².